The number of aliphatic hydroxyl groups excluding tert-OH is 1. The number of hydrogen-bond donors (Lipinski definition) is 5. The highest BCUT2D eigenvalue weighted by molar-refractivity contribution is 5.83. The van der Waals surface area contributed by atoms with Crippen molar-refractivity contribution in [3.63, 3.8) is 0 Å². The Kier molecular flexibility index (Phi) is 10.9. The Balaban J connectivity index is 1.53. The first-order valence-corrected chi connectivity index (χ1v) is 18.1. The van der Waals surface area contributed by atoms with Gasteiger partial charge in [0.15, 0.2) is 23.0 Å². The summed E-state index contributed by atoms with van der Waals surface area (Å²) in [5, 5.41) is 48.0. The van der Waals surface area contributed by atoms with Crippen molar-refractivity contribution in [2.45, 2.75) is 94.6 Å². The molecule has 0 unspecified atom stereocenters. The second-order valence-electron chi connectivity index (χ2n) is 14.5. The molecule has 0 spiro atoms. The molecule has 0 bridgehead atoms. The third kappa shape index (κ3) is 7.04. The van der Waals surface area contributed by atoms with E-state index < -0.39 is 17.4 Å². The van der Waals surface area contributed by atoms with Gasteiger partial charge in [-0.05, 0) is 66.6 Å². The lowest BCUT2D eigenvalue weighted by atomic mass is 9.51. The number of Topliss-reactive ketones (excluding diaryl/α,β-unsaturated/α-hetero) is 1. The van der Waals surface area contributed by atoms with Crippen molar-refractivity contribution in [3.05, 3.63) is 83.4 Å². The molecule has 3 aromatic rings. The van der Waals surface area contributed by atoms with E-state index in [0.29, 0.717) is 25.1 Å². The molecule has 3 aromatic carbocycles. The second kappa shape index (κ2) is 15.3. The lowest BCUT2D eigenvalue weighted by molar-refractivity contribution is -0.132. The van der Waals surface area contributed by atoms with Gasteiger partial charge in [-0.15, -0.1) is 0 Å². The van der Waals surface area contributed by atoms with Crippen LogP contribution in [0.4, 0.5) is 0 Å². The van der Waals surface area contributed by atoms with Crippen LogP contribution in [0.15, 0.2) is 66.7 Å². The molecule has 6 rings (SSSR count). The van der Waals surface area contributed by atoms with Gasteiger partial charge in [0, 0.05) is 54.0 Å². The van der Waals surface area contributed by atoms with Crippen LogP contribution in [0.2, 0.25) is 0 Å². The Morgan fingerprint density at radius 3 is 2.49 bits per heavy atom. The van der Waals surface area contributed by atoms with Crippen molar-refractivity contribution in [2.24, 2.45) is 23.7 Å². The summed E-state index contributed by atoms with van der Waals surface area (Å²) in [5.41, 5.74) is 2.30. The fourth-order valence-electron chi connectivity index (χ4n) is 9.22. The number of rotatable bonds is 9. The largest absolute Gasteiger partial charge is 0.504 e. The number of ether oxygens (including phenoxy) is 1. The zero-order chi connectivity index (χ0) is 34.5. The molecule has 2 fully saturated rings. The molecule has 0 radical (unpaired) electrons. The van der Waals surface area contributed by atoms with Crippen LogP contribution in [0.5, 0.6) is 23.0 Å². The van der Waals surface area contributed by atoms with E-state index in [-0.39, 0.29) is 59.2 Å². The lowest BCUT2D eigenvalue weighted by Gasteiger charge is -2.57. The number of carbonyl (C=O) groups excluding carboxylic acids is 1. The van der Waals surface area contributed by atoms with Crippen molar-refractivity contribution in [1.82, 2.24) is 5.32 Å². The van der Waals surface area contributed by atoms with Crippen molar-refractivity contribution in [3.8, 4) is 34.8 Å². The second-order valence-corrected chi connectivity index (χ2v) is 14.5. The average Bonchev–Trinajstić information content (AvgIpc) is 3.11. The van der Waals surface area contributed by atoms with Crippen molar-refractivity contribution < 1.29 is 30.0 Å². The topological polar surface area (TPSA) is 119 Å². The van der Waals surface area contributed by atoms with E-state index in [2.05, 4.69) is 36.2 Å². The monoisotopic (exact) mass is 665 g/mol. The van der Waals surface area contributed by atoms with Gasteiger partial charge in [-0.3, -0.25) is 4.79 Å². The molecular weight excluding hydrogens is 614 g/mol. The molecule has 3 aliphatic rings. The number of piperidine rings is 1. The number of aromatic hydroxyl groups is 3. The van der Waals surface area contributed by atoms with Crippen LogP contribution in [0, 0.1) is 35.5 Å². The standard InChI is InChI=1S/C42H51NO6/c1-3-4-6-13-32-36(46)25-33(29-17-19-35(45)38(23-29)49-2)28(22-27-11-7-5-8-12-27)15-16-30-26-43-39-14-9-10-21-42(39,40(30)41(32)48)31-18-20-34(44)37(47)24-31/h5,7-8,11-12,17-20,23-24,28,30,32-33,39-41,43-45,47-48H,3-4,6,9-10,13-14,21-22,25-26H2,1-2H3/t28-,30+,32+,33+,39+,40+,41-,42-/m0/s1. The van der Waals surface area contributed by atoms with Gasteiger partial charge >= 0.3 is 0 Å². The van der Waals surface area contributed by atoms with Gasteiger partial charge < -0.3 is 30.5 Å². The Hall–Kier alpha value is -3.99. The van der Waals surface area contributed by atoms with Gasteiger partial charge in [0.05, 0.1) is 13.2 Å². The molecule has 7 nitrogen and oxygen atoms in total. The SMILES string of the molecule is CCCCC[C@@H]1C(=O)C[C@@H](c2ccc(O)c(OC)c2)[C@H](Cc2ccccc2)C#C[C@@H]2CN[C@@H]3CCCC[C@@]3(c3ccc(O)c(O)c3)[C@H]2[C@H]1O. The maximum Gasteiger partial charge on any atom is 0.160 e. The third-order valence-corrected chi connectivity index (χ3v) is 11.7. The van der Waals surface area contributed by atoms with E-state index in [1.165, 1.54) is 7.11 Å². The maximum absolute atomic E-state index is 14.8. The van der Waals surface area contributed by atoms with Gasteiger partial charge in [-0.1, -0.05) is 93.3 Å². The van der Waals surface area contributed by atoms with Crippen LogP contribution in [0.25, 0.3) is 0 Å². The summed E-state index contributed by atoms with van der Waals surface area (Å²) in [6.45, 7) is 2.74. The smallest absolute Gasteiger partial charge is 0.160 e. The quantitative estimate of drug-likeness (QED) is 0.0949. The molecule has 260 valence electrons. The summed E-state index contributed by atoms with van der Waals surface area (Å²) < 4.78 is 5.50. The number of aliphatic hydroxyl groups is 1. The van der Waals surface area contributed by atoms with Gasteiger partial charge in [0.2, 0.25) is 0 Å². The Morgan fingerprint density at radius 2 is 1.73 bits per heavy atom. The zero-order valence-corrected chi connectivity index (χ0v) is 28.8. The summed E-state index contributed by atoms with van der Waals surface area (Å²) in [4.78, 5) is 14.8. The molecular formula is C42H51NO6. The summed E-state index contributed by atoms with van der Waals surface area (Å²) in [7, 11) is 1.52. The first-order chi connectivity index (χ1) is 23.8. The van der Waals surface area contributed by atoms with Gasteiger partial charge in [0.1, 0.15) is 5.78 Å². The Morgan fingerprint density at radius 1 is 0.939 bits per heavy atom. The molecule has 1 saturated heterocycles. The predicted molar refractivity (Wildman–Crippen MR) is 191 cm³/mol. The predicted octanol–water partition coefficient (Wildman–Crippen LogP) is 7.00. The number of hydrogen-bond acceptors (Lipinski definition) is 7. The fraction of sp³-hybridized carbons (Fsp3) is 0.500. The van der Waals surface area contributed by atoms with E-state index in [4.69, 9.17) is 4.74 Å². The average molecular weight is 666 g/mol. The summed E-state index contributed by atoms with van der Waals surface area (Å²) in [6.07, 6.45) is 7.03. The van der Waals surface area contributed by atoms with Crippen LogP contribution in [0.1, 0.15) is 87.3 Å². The highest BCUT2D eigenvalue weighted by Crippen LogP contribution is 2.54. The number of carbonyl (C=O) groups is 1. The highest BCUT2D eigenvalue weighted by atomic mass is 16.5. The molecule has 1 heterocycles. The molecule has 2 aliphatic carbocycles. The molecule has 0 amide bonds. The normalized spacial score (nSPS) is 29.9. The van der Waals surface area contributed by atoms with Gasteiger partial charge in [-0.2, -0.15) is 0 Å². The van der Waals surface area contributed by atoms with E-state index in [0.717, 1.165) is 61.6 Å². The molecule has 0 aromatic heterocycles. The molecule has 1 aliphatic heterocycles. The van der Waals surface area contributed by atoms with Crippen molar-refractivity contribution >= 4 is 5.78 Å². The number of phenolic OH excluding ortho intramolecular Hbond substituents is 3. The Labute approximate surface area is 290 Å². The van der Waals surface area contributed by atoms with Gasteiger partial charge in [-0.25, -0.2) is 0 Å². The van der Waals surface area contributed by atoms with Crippen molar-refractivity contribution in [1.29, 1.82) is 0 Å². The third-order valence-electron chi connectivity index (χ3n) is 11.7. The molecule has 1 saturated carbocycles. The molecule has 7 heteroatoms. The van der Waals surface area contributed by atoms with E-state index in [1.807, 2.05) is 36.4 Å². The van der Waals surface area contributed by atoms with Crippen molar-refractivity contribution in [2.75, 3.05) is 13.7 Å². The summed E-state index contributed by atoms with van der Waals surface area (Å²) in [6, 6.07) is 20.7. The van der Waals surface area contributed by atoms with Crippen LogP contribution in [-0.2, 0) is 16.6 Å². The summed E-state index contributed by atoms with van der Waals surface area (Å²) in [5.74, 6) is 5.79. The Bertz CT molecular complexity index is 1660. The van der Waals surface area contributed by atoms with Crippen LogP contribution < -0.4 is 10.1 Å². The number of unbranched alkanes of at least 4 members (excludes halogenated alkanes) is 2. The van der Waals surface area contributed by atoms with Crippen LogP contribution in [0.3, 0.4) is 0 Å². The minimum Gasteiger partial charge on any atom is -0.504 e. The fourth-order valence-corrected chi connectivity index (χ4v) is 9.22. The molecule has 49 heavy (non-hydrogen) atoms. The first kappa shape index (κ1) is 34.9. The van der Waals surface area contributed by atoms with Gasteiger partial charge in [0.25, 0.3) is 0 Å². The van der Waals surface area contributed by atoms with Crippen LogP contribution >= 0.6 is 0 Å². The first-order valence-electron chi connectivity index (χ1n) is 18.1. The highest BCUT2D eigenvalue weighted by Gasteiger charge is 2.57. The summed E-state index contributed by atoms with van der Waals surface area (Å²) >= 11 is 0. The minimum atomic E-state index is -0.942. The van der Waals surface area contributed by atoms with E-state index in [1.54, 1.807) is 18.2 Å². The molecule has 5 N–H and O–H groups in total. The zero-order valence-electron chi connectivity index (χ0n) is 28.8. The van der Waals surface area contributed by atoms with E-state index >= 15 is 0 Å². The minimum absolute atomic E-state index is 0.0366. The van der Waals surface area contributed by atoms with E-state index in [9.17, 15) is 25.2 Å². The number of phenols is 3. The number of ketones is 1. The number of nitrogens with one attached hydrogen (secondary N) is 1. The number of benzene rings is 3. The lowest BCUT2D eigenvalue weighted by Crippen LogP contribution is -2.66. The maximum atomic E-state index is 14.8. The number of fused-ring (bicyclic) bond motifs is 3. The molecule has 8 atom stereocenters. The number of methoxy groups -OCH3 is 1. The van der Waals surface area contributed by atoms with Crippen LogP contribution in [-0.4, -0.2) is 52.0 Å².